The lowest BCUT2D eigenvalue weighted by Crippen LogP contribution is -2.27. The highest BCUT2D eigenvalue weighted by Crippen LogP contribution is 2.18. The van der Waals surface area contributed by atoms with Crippen molar-refractivity contribution in [2.24, 2.45) is 5.92 Å². The van der Waals surface area contributed by atoms with Crippen molar-refractivity contribution in [3.63, 3.8) is 0 Å². The van der Waals surface area contributed by atoms with Crippen molar-refractivity contribution in [1.82, 2.24) is 15.5 Å². The molecule has 1 aromatic heterocycles. The minimum Gasteiger partial charge on any atom is -0.339 e. The molecule has 4 nitrogen and oxygen atoms in total. The first-order valence-corrected chi connectivity index (χ1v) is 5.90. The molecular formula is C11H19N3O. The Balaban J connectivity index is 1.76. The van der Waals surface area contributed by atoms with Gasteiger partial charge in [-0.2, -0.15) is 4.98 Å². The first-order chi connectivity index (χ1) is 7.38. The molecule has 0 atom stereocenters. The van der Waals surface area contributed by atoms with Crippen molar-refractivity contribution in [2.75, 3.05) is 13.1 Å². The van der Waals surface area contributed by atoms with Crippen molar-refractivity contribution in [3.05, 3.63) is 11.7 Å². The fourth-order valence-electron chi connectivity index (χ4n) is 2.03. The number of hydrogen-bond acceptors (Lipinski definition) is 4. The minimum absolute atomic E-state index is 0.811. The fraction of sp³-hybridized carbons (Fsp3) is 0.818. The molecule has 1 aliphatic heterocycles. The number of nitrogens with one attached hydrogen (secondary N) is 1. The van der Waals surface area contributed by atoms with Crippen LogP contribution in [-0.2, 0) is 12.8 Å². The van der Waals surface area contributed by atoms with E-state index in [1.54, 1.807) is 0 Å². The molecule has 0 unspecified atom stereocenters. The third kappa shape index (κ3) is 3.02. The molecule has 1 fully saturated rings. The van der Waals surface area contributed by atoms with Gasteiger partial charge >= 0.3 is 0 Å². The van der Waals surface area contributed by atoms with Gasteiger partial charge in [-0.25, -0.2) is 0 Å². The van der Waals surface area contributed by atoms with Crippen LogP contribution in [0.1, 0.15) is 37.9 Å². The van der Waals surface area contributed by atoms with Crippen LogP contribution < -0.4 is 5.32 Å². The second kappa shape index (κ2) is 5.26. The van der Waals surface area contributed by atoms with Crippen LogP contribution in [-0.4, -0.2) is 23.2 Å². The van der Waals surface area contributed by atoms with Crippen LogP contribution in [0.15, 0.2) is 4.52 Å². The van der Waals surface area contributed by atoms with Gasteiger partial charge < -0.3 is 9.84 Å². The van der Waals surface area contributed by atoms with Gasteiger partial charge in [0.25, 0.3) is 0 Å². The lowest BCUT2D eigenvalue weighted by Gasteiger charge is -2.21. The largest absolute Gasteiger partial charge is 0.339 e. The van der Waals surface area contributed by atoms with E-state index in [0.29, 0.717) is 0 Å². The maximum atomic E-state index is 5.17. The van der Waals surface area contributed by atoms with Crippen molar-refractivity contribution in [1.29, 1.82) is 0 Å². The third-order valence-corrected chi connectivity index (χ3v) is 3.05. The van der Waals surface area contributed by atoms with Gasteiger partial charge in [-0.05, 0) is 38.3 Å². The Labute approximate surface area is 90.4 Å². The number of hydrogen-bond donors (Lipinski definition) is 1. The summed E-state index contributed by atoms with van der Waals surface area (Å²) in [5.74, 6) is 2.48. The molecule has 0 spiro atoms. The Morgan fingerprint density at radius 1 is 1.40 bits per heavy atom. The summed E-state index contributed by atoms with van der Waals surface area (Å²) in [4.78, 5) is 4.32. The molecule has 0 aromatic carbocycles. The molecule has 1 aliphatic rings. The van der Waals surface area contributed by atoms with E-state index in [0.717, 1.165) is 43.6 Å². The van der Waals surface area contributed by atoms with Gasteiger partial charge in [0, 0.05) is 12.8 Å². The Morgan fingerprint density at radius 3 is 2.87 bits per heavy atom. The van der Waals surface area contributed by atoms with Gasteiger partial charge in [-0.15, -0.1) is 0 Å². The summed E-state index contributed by atoms with van der Waals surface area (Å²) < 4.78 is 5.17. The lowest BCUT2D eigenvalue weighted by molar-refractivity contribution is 0.323. The second-order valence-electron chi connectivity index (χ2n) is 4.19. The summed E-state index contributed by atoms with van der Waals surface area (Å²) in [6.45, 7) is 4.37. The van der Waals surface area contributed by atoms with E-state index < -0.39 is 0 Å². The third-order valence-electron chi connectivity index (χ3n) is 3.05. The molecule has 15 heavy (non-hydrogen) atoms. The Hall–Kier alpha value is -0.900. The van der Waals surface area contributed by atoms with Gasteiger partial charge in [0.2, 0.25) is 5.89 Å². The maximum Gasteiger partial charge on any atom is 0.226 e. The molecule has 0 amide bonds. The lowest BCUT2D eigenvalue weighted by atomic mass is 9.93. The zero-order chi connectivity index (χ0) is 10.5. The number of piperidine rings is 1. The highest BCUT2D eigenvalue weighted by atomic mass is 16.5. The van der Waals surface area contributed by atoms with Crippen LogP contribution in [0.25, 0.3) is 0 Å². The van der Waals surface area contributed by atoms with Gasteiger partial charge in [0.15, 0.2) is 5.82 Å². The summed E-state index contributed by atoms with van der Waals surface area (Å²) in [6.07, 6.45) is 5.56. The topological polar surface area (TPSA) is 51.0 Å². The van der Waals surface area contributed by atoms with Crippen molar-refractivity contribution in [3.8, 4) is 0 Å². The van der Waals surface area contributed by atoms with E-state index in [4.69, 9.17) is 4.52 Å². The summed E-state index contributed by atoms with van der Waals surface area (Å²) in [5.41, 5.74) is 0. The number of rotatable bonds is 4. The molecular weight excluding hydrogens is 190 g/mol. The van der Waals surface area contributed by atoms with Gasteiger partial charge in [-0.3, -0.25) is 0 Å². The summed E-state index contributed by atoms with van der Waals surface area (Å²) >= 11 is 0. The van der Waals surface area contributed by atoms with Crippen LogP contribution in [0.2, 0.25) is 0 Å². The van der Waals surface area contributed by atoms with Crippen LogP contribution in [0.3, 0.4) is 0 Å². The molecule has 1 saturated heterocycles. The molecule has 0 saturated carbocycles. The van der Waals surface area contributed by atoms with Crippen molar-refractivity contribution in [2.45, 2.75) is 39.0 Å². The molecule has 1 N–H and O–H groups in total. The van der Waals surface area contributed by atoms with Gasteiger partial charge in [-0.1, -0.05) is 12.1 Å². The van der Waals surface area contributed by atoms with Crippen LogP contribution >= 0.6 is 0 Å². The van der Waals surface area contributed by atoms with Crippen LogP contribution in [0, 0.1) is 5.92 Å². The van der Waals surface area contributed by atoms with Gasteiger partial charge in [0.1, 0.15) is 0 Å². The van der Waals surface area contributed by atoms with E-state index in [1.807, 2.05) is 6.92 Å². The summed E-state index contributed by atoms with van der Waals surface area (Å²) in [6, 6.07) is 0. The van der Waals surface area contributed by atoms with Crippen LogP contribution in [0.4, 0.5) is 0 Å². The number of aromatic nitrogens is 2. The normalized spacial score (nSPS) is 18.2. The highest BCUT2D eigenvalue weighted by molar-refractivity contribution is 4.86. The first kappa shape index (κ1) is 10.6. The number of aryl methyl sites for hydroxylation is 2. The second-order valence-corrected chi connectivity index (χ2v) is 4.19. The molecule has 0 aliphatic carbocycles. The highest BCUT2D eigenvalue weighted by Gasteiger charge is 2.14. The molecule has 84 valence electrons. The molecule has 0 radical (unpaired) electrons. The number of nitrogens with zero attached hydrogens (tertiary/aromatic N) is 2. The zero-order valence-electron chi connectivity index (χ0n) is 9.33. The smallest absolute Gasteiger partial charge is 0.226 e. The zero-order valence-corrected chi connectivity index (χ0v) is 9.33. The van der Waals surface area contributed by atoms with E-state index in [2.05, 4.69) is 15.5 Å². The van der Waals surface area contributed by atoms with Crippen molar-refractivity contribution >= 4 is 0 Å². The van der Waals surface area contributed by atoms with E-state index in [-0.39, 0.29) is 0 Å². The average Bonchev–Trinajstić information content (AvgIpc) is 2.76. The molecule has 2 heterocycles. The Bertz CT molecular complexity index is 292. The predicted octanol–water partition coefficient (Wildman–Crippen LogP) is 1.56. The monoisotopic (exact) mass is 209 g/mol. The summed E-state index contributed by atoms with van der Waals surface area (Å²) in [7, 11) is 0. The SMILES string of the molecule is CCc1noc(CCC2CCNCC2)n1. The first-order valence-electron chi connectivity index (χ1n) is 5.90. The maximum absolute atomic E-state index is 5.17. The van der Waals surface area contributed by atoms with Crippen molar-refractivity contribution < 1.29 is 4.52 Å². The molecule has 2 rings (SSSR count). The molecule has 1 aromatic rings. The molecule has 4 heteroatoms. The Morgan fingerprint density at radius 2 is 2.20 bits per heavy atom. The van der Waals surface area contributed by atoms with Gasteiger partial charge in [0.05, 0.1) is 0 Å². The van der Waals surface area contributed by atoms with Crippen LogP contribution in [0.5, 0.6) is 0 Å². The fourth-order valence-corrected chi connectivity index (χ4v) is 2.03. The molecule has 0 bridgehead atoms. The quantitative estimate of drug-likeness (QED) is 0.817. The van der Waals surface area contributed by atoms with E-state index in [9.17, 15) is 0 Å². The van der Waals surface area contributed by atoms with E-state index in [1.165, 1.54) is 19.3 Å². The van der Waals surface area contributed by atoms with E-state index >= 15 is 0 Å². The summed E-state index contributed by atoms with van der Waals surface area (Å²) in [5, 5.41) is 7.27. The standard InChI is InChI=1S/C11H19N3O/c1-2-10-13-11(15-14-10)4-3-9-5-7-12-8-6-9/h9,12H,2-8H2,1H3. The Kier molecular flexibility index (Phi) is 3.72. The minimum atomic E-state index is 0.811. The predicted molar refractivity (Wildman–Crippen MR) is 57.6 cm³/mol. The average molecular weight is 209 g/mol.